The molecule has 1 aliphatic heterocycles. The maximum absolute atomic E-state index is 6.10. The molecule has 0 saturated carbocycles. The van der Waals surface area contributed by atoms with Crippen molar-refractivity contribution in [3.05, 3.63) is 22.4 Å². The minimum absolute atomic E-state index is 0.177. The molecular weight excluding hydrogens is 330 g/mol. The molecule has 3 atom stereocenters. The lowest BCUT2D eigenvalue weighted by molar-refractivity contribution is -0.0835. The summed E-state index contributed by atoms with van der Waals surface area (Å²) in [5.74, 6) is 1.91. The van der Waals surface area contributed by atoms with Crippen LogP contribution in [0.15, 0.2) is 22.5 Å². The van der Waals surface area contributed by atoms with Crippen LogP contribution >= 0.6 is 11.3 Å². The quantitative estimate of drug-likeness (QED) is 0.585. The molecule has 3 unspecified atom stereocenters. The molecule has 1 fully saturated rings. The molecule has 0 radical (unpaired) electrons. The van der Waals surface area contributed by atoms with Gasteiger partial charge < -0.3 is 15.4 Å². The highest BCUT2D eigenvalue weighted by molar-refractivity contribution is 7.10. The summed E-state index contributed by atoms with van der Waals surface area (Å²) in [6, 6.07) is 4.30. The van der Waals surface area contributed by atoms with Crippen LogP contribution in [-0.2, 0) is 4.74 Å². The lowest BCUT2D eigenvalue weighted by Gasteiger charge is -2.40. The van der Waals surface area contributed by atoms with Gasteiger partial charge in [-0.3, -0.25) is 4.99 Å². The Hall–Kier alpha value is -1.07. The van der Waals surface area contributed by atoms with E-state index in [0.717, 1.165) is 38.6 Å². The lowest BCUT2D eigenvalue weighted by Crippen LogP contribution is -2.47. The molecule has 0 aromatic carbocycles. The zero-order valence-electron chi connectivity index (χ0n) is 16.5. The third kappa shape index (κ3) is 6.30. The molecule has 25 heavy (non-hydrogen) atoms. The van der Waals surface area contributed by atoms with Crippen molar-refractivity contribution in [2.75, 3.05) is 26.2 Å². The predicted molar refractivity (Wildman–Crippen MR) is 109 cm³/mol. The fourth-order valence-corrected chi connectivity index (χ4v) is 4.25. The summed E-state index contributed by atoms with van der Waals surface area (Å²) in [5, 5.41) is 9.07. The molecule has 142 valence electrons. The molecule has 0 amide bonds. The first kappa shape index (κ1) is 20.2. The molecule has 4 nitrogen and oxygen atoms in total. The van der Waals surface area contributed by atoms with Crippen LogP contribution in [0.4, 0.5) is 0 Å². The molecule has 1 aromatic rings. The monoisotopic (exact) mass is 365 g/mol. The zero-order chi connectivity index (χ0) is 18.3. The van der Waals surface area contributed by atoms with Crippen molar-refractivity contribution in [3.63, 3.8) is 0 Å². The fourth-order valence-electron chi connectivity index (χ4n) is 3.47. The maximum Gasteiger partial charge on any atom is 0.191 e. The van der Waals surface area contributed by atoms with Gasteiger partial charge in [0.25, 0.3) is 0 Å². The van der Waals surface area contributed by atoms with E-state index in [1.54, 1.807) is 0 Å². The second kappa shape index (κ2) is 9.58. The highest BCUT2D eigenvalue weighted by atomic mass is 32.1. The number of guanidine groups is 1. The normalized spacial score (nSPS) is 23.3. The number of aliphatic imine (C=N–C) groups is 1. The van der Waals surface area contributed by atoms with E-state index in [1.165, 1.54) is 11.3 Å². The average molecular weight is 366 g/mol. The van der Waals surface area contributed by atoms with Gasteiger partial charge in [-0.15, -0.1) is 11.3 Å². The van der Waals surface area contributed by atoms with E-state index < -0.39 is 0 Å². The van der Waals surface area contributed by atoms with Crippen LogP contribution in [0.1, 0.15) is 58.3 Å². The summed E-state index contributed by atoms with van der Waals surface area (Å²) in [4.78, 5) is 6.20. The second-order valence-electron chi connectivity index (χ2n) is 8.08. The van der Waals surface area contributed by atoms with Gasteiger partial charge in [0.1, 0.15) is 0 Å². The van der Waals surface area contributed by atoms with Crippen LogP contribution in [-0.4, -0.2) is 38.3 Å². The Morgan fingerprint density at radius 1 is 1.40 bits per heavy atom. The first-order valence-electron chi connectivity index (χ1n) is 9.59. The van der Waals surface area contributed by atoms with Crippen molar-refractivity contribution in [3.8, 4) is 0 Å². The Bertz CT molecular complexity index is 522. The number of rotatable bonds is 6. The summed E-state index contributed by atoms with van der Waals surface area (Å²) in [5.41, 5.74) is 0.177. The first-order valence-corrected chi connectivity index (χ1v) is 10.5. The number of nitrogens with zero attached hydrogens (tertiary/aromatic N) is 1. The summed E-state index contributed by atoms with van der Waals surface area (Å²) in [6.45, 7) is 14.7. The van der Waals surface area contributed by atoms with Gasteiger partial charge in [-0.25, -0.2) is 0 Å². The van der Waals surface area contributed by atoms with Gasteiger partial charge in [0.2, 0.25) is 0 Å². The van der Waals surface area contributed by atoms with Gasteiger partial charge >= 0.3 is 0 Å². The van der Waals surface area contributed by atoms with E-state index in [1.807, 2.05) is 11.3 Å². The third-order valence-electron chi connectivity index (χ3n) is 4.73. The Kier molecular flexibility index (Phi) is 7.76. The smallest absolute Gasteiger partial charge is 0.191 e. The summed E-state index contributed by atoms with van der Waals surface area (Å²) >= 11 is 1.81. The largest absolute Gasteiger partial charge is 0.377 e. The Labute approximate surface area is 157 Å². The molecule has 2 heterocycles. The molecule has 0 aliphatic carbocycles. The molecule has 5 heteroatoms. The number of hydrogen-bond acceptors (Lipinski definition) is 3. The molecule has 1 aromatic heterocycles. The standard InChI is InChI=1S/C20H35N3OS/c1-6-21-19(22-13-15(2)17-10-8-12-25-17)23-14-16-9-7-11-24-18(16)20(3,4)5/h8,10,12,15-16,18H,6-7,9,11,13-14H2,1-5H3,(H2,21,22,23). The average Bonchev–Trinajstić information content (AvgIpc) is 3.11. The van der Waals surface area contributed by atoms with Gasteiger partial charge in [-0.05, 0) is 36.6 Å². The van der Waals surface area contributed by atoms with E-state index >= 15 is 0 Å². The second-order valence-corrected chi connectivity index (χ2v) is 9.06. The molecular formula is C20H35N3OS. The van der Waals surface area contributed by atoms with Gasteiger partial charge in [0, 0.05) is 36.4 Å². The van der Waals surface area contributed by atoms with Crippen molar-refractivity contribution in [1.82, 2.24) is 10.6 Å². The highest BCUT2D eigenvalue weighted by Gasteiger charge is 2.35. The van der Waals surface area contributed by atoms with Gasteiger partial charge in [0.05, 0.1) is 12.6 Å². The number of ether oxygens (including phenoxy) is 1. The maximum atomic E-state index is 6.10. The summed E-state index contributed by atoms with van der Waals surface area (Å²) in [6.07, 6.45) is 2.68. The van der Waals surface area contributed by atoms with Crippen LogP contribution in [0.5, 0.6) is 0 Å². The predicted octanol–water partition coefficient (Wildman–Crippen LogP) is 4.25. The molecule has 0 bridgehead atoms. The molecule has 1 aliphatic rings. The van der Waals surface area contributed by atoms with Crippen LogP contribution in [0, 0.1) is 11.3 Å². The lowest BCUT2D eigenvalue weighted by atomic mass is 9.78. The minimum Gasteiger partial charge on any atom is -0.377 e. The Morgan fingerprint density at radius 2 is 2.20 bits per heavy atom. The fraction of sp³-hybridized carbons (Fsp3) is 0.750. The van der Waals surface area contributed by atoms with Gasteiger partial charge in [-0.1, -0.05) is 33.8 Å². The van der Waals surface area contributed by atoms with Crippen molar-refractivity contribution in [2.24, 2.45) is 16.3 Å². The van der Waals surface area contributed by atoms with Crippen LogP contribution in [0.25, 0.3) is 0 Å². The Morgan fingerprint density at radius 3 is 2.84 bits per heavy atom. The van der Waals surface area contributed by atoms with Crippen LogP contribution in [0.3, 0.4) is 0 Å². The van der Waals surface area contributed by atoms with E-state index in [4.69, 9.17) is 9.73 Å². The van der Waals surface area contributed by atoms with E-state index in [0.29, 0.717) is 17.9 Å². The number of nitrogens with one attached hydrogen (secondary N) is 2. The van der Waals surface area contributed by atoms with E-state index in [-0.39, 0.29) is 5.41 Å². The third-order valence-corrected chi connectivity index (χ3v) is 5.83. The first-order chi connectivity index (χ1) is 11.9. The van der Waals surface area contributed by atoms with Crippen molar-refractivity contribution in [1.29, 1.82) is 0 Å². The summed E-state index contributed by atoms with van der Waals surface area (Å²) < 4.78 is 6.10. The molecule has 2 N–H and O–H groups in total. The number of hydrogen-bond donors (Lipinski definition) is 2. The van der Waals surface area contributed by atoms with Crippen molar-refractivity contribution >= 4 is 17.3 Å². The Balaban J connectivity index is 1.92. The van der Waals surface area contributed by atoms with Crippen LogP contribution < -0.4 is 10.6 Å². The molecule has 2 rings (SSSR count). The molecule has 0 spiro atoms. The van der Waals surface area contributed by atoms with Gasteiger partial charge in [-0.2, -0.15) is 0 Å². The van der Waals surface area contributed by atoms with Crippen molar-refractivity contribution < 1.29 is 4.74 Å². The minimum atomic E-state index is 0.177. The van der Waals surface area contributed by atoms with Crippen LogP contribution in [0.2, 0.25) is 0 Å². The topological polar surface area (TPSA) is 45.7 Å². The van der Waals surface area contributed by atoms with Gasteiger partial charge in [0.15, 0.2) is 5.96 Å². The van der Waals surface area contributed by atoms with Crippen molar-refractivity contribution in [2.45, 2.75) is 59.5 Å². The summed E-state index contributed by atoms with van der Waals surface area (Å²) in [7, 11) is 0. The van der Waals surface area contributed by atoms with E-state index in [2.05, 4.69) is 62.8 Å². The number of thiophene rings is 1. The SMILES string of the molecule is CCNC(=NCC(C)c1cccs1)NCC1CCCOC1C(C)(C)C. The zero-order valence-corrected chi connectivity index (χ0v) is 17.3. The highest BCUT2D eigenvalue weighted by Crippen LogP contribution is 2.33. The molecule has 1 saturated heterocycles. The van der Waals surface area contributed by atoms with E-state index in [9.17, 15) is 0 Å².